The molecule has 170 valence electrons. The fraction of sp³-hybridized carbons (Fsp3) is 0.269. The fourth-order valence-corrected chi connectivity index (χ4v) is 3.87. The SMILES string of the molecule is CCOc1ccc(Nc2ncccc2C(=O)N2CCC(NC(=O)c3ccccc3)CC2)cc1. The van der Waals surface area contributed by atoms with Crippen LogP contribution in [0.4, 0.5) is 11.5 Å². The molecule has 0 radical (unpaired) electrons. The van der Waals surface area contributed by atoms with E-state index in [2.05, 4.69) is 15.6 Å². The lowest BCUT2D eigenvalue weighted by molar-refractivity contribution is 0.0698. The number of hydrogen-bond donors (Lipinski definition) is 2. The number of anilines is 2. The van der Waals surface area contributed by atoms with Crippen LogP contribution in [0.2, 0.25) is 0 Å². The van der Waals surface area contributed by atoms with Crippen molar-refractivity contribution in [2.75, 3.05) is 25.0 Å². The molecule has 4 rings (SSSR count). The van der Waals surface area contributed by atoms with E-state index in [1.807, 2.05) is 54.3 Å². The van der Waals surface area contributed by atoms with Gasteiger partial charge in [-0.3, -0.25) is 9.59 Å². The number of hydrogen-bond acceptors (Lipinski definition) is 5. The highest BCUT2D eigenvalue weighted by molar-refractivity contribution is 5.99. The van der Waals surface area contributed by atoms with Crippen LogP contribution < -0.4 is 15.4 Å². The first-order valence-corrected chi connectivity index (χ1v) is 11.2. The van der Waals surface area contributed by atoms with E-state index < -0.39 is 0 Å². The van der Waals surface area contributed by atoms with Crippen LogP contribution in [0.25, 0.3) is 0 Å². The molecule has 1 saturated heterocycles. The van der Waals surface area contributed by atoms with Crippen molar-refractivity contribution in [2.45, 2.75) is 25.8 Å². The number of carbonyl (C=O) groups is 2. The molecular formula is C26H28N4O3. The summed E-state index contributed by atoms with van der Waals surface area (Å²) < 4.78 is 5.48. The average molecular weight is 445 g/mol. The molecule has 33 heavy (non-hydrogen) atoms. The number of benzene rings is 2. The van der Waals surface area contributed by atoms with Crippen molar-refractivity contribution in [3.8, 4) is 5.75 Å². The Bertz CT molecular complexity index is 1080. The summed E-state index contributed by atoms with van der Waals surface area (Å²) in [7, 11) is 0. The summed E-state index contributed by atoms with van der Waals surface area (Å²) in [5.41, 5.74) is 2.00. The molecule has 3 aromatic rings. The van der Waals surface area contributed by atoms with Gasteiger partial charge in [-0.05, 0) is 68.3 Å². The highest BCUT2D eigenvalue weighted by atomic mass is 16.5. The molecule has 0 atom stereocenters. The Kier molecular flexibility index (Phi) is 7.19. The van der Waals surface area contributed by atoms with Gasteiger partial charge in [-0.1, -0.05) is 18.2 Å². The topological polar surface area (TPSA) is 83.6 Å². The highest BCUT2D eigenvalue weighted by Gasteiger charge is 2.26. The minimum absolute atomic E-state index is 0.0529. The van der Waals surface area contributed by atoms with Gasteiger partial charge in [-0.2, -0.15) is 0 Å². The number of ether oxygens (including phenoxy) is 1. The summed E-state index contributed by atoms with van der Waals surface area (Å²) in [5, 5.41) is 6.32. The van der Waals surface area contributed by atoms with Crippen molar-refractivity contribution in [3.05, 3.63) is 84.1 Å². The predicted octanol–water partition coefficient (Wildman–Crippen LogP) is 4.26. The summed E-state index contributed by atoms with van der Waals surface area (Å²) in [4.78, 5) is 31.9. The van der Waals surface area contributed by atoms with Crippen molar-refractivity contribution in [1.82, 2.24) is 15.2 Å². The lowest BCUT2D eigenvalue weighted by Gasteiger charge is -2.32. The van der Waals surface area contributed by atoms with E-state index in [0.29, 0.717) is 49.5 Å². The summed E-state index contributed by atoms with van der Waals surface area (Å²) in [5.74, 6) is 1.17. The Hall–Kier alpha value is -3.87. The summed E-state index contributed by atoms with van der Waals surface area (Å²) >= 11 is 0. The minimum atomic E-state index is -0.0746. The van der Waals surface area contributed by atoms with E-state index in [1.165, 1.54) is 0 Å². The maximum atomic E-state index is 13.2. The second kappa shape index (κ2) is 10.6. The Balaban J connectivity index is 1.36. The molecule has 1 aromatic heterocycles. The number of carbonyl (C=O) groups excluding carboxylic acids is 2. The van der Waals surface area contributed by atoms with Crippen molar-refractivity contribution < 1.29 is 14.3 Å². The van der Waals surface area contributed by atoms with E-state index in [1.54, 1.807) is 30.5 Å². The Morgan fingerprint density at radius 3 is 2.42 bits per heavy atom. The summed E-state index contributed by atoms with van der Waals surface area (Å²) in [6.07, 6.45) is 3.09. The third-order valence-corrected chi connectivity index (χ3v) is 5.62. The maximum Gasteiger partial charge on any atom is 0.257 e. The first-order valence-electron chi connectivity index (χ1n) is 11.2. The second-order valence-corrected chi connectivity index (χ2v) is 7.89. The third-order valence-electron chi connectivity index (χ3n) is 5.62. The molecule has 1 aliphatic rings. The van der Waals surface area contributed by atoms with Crippen LogP contribution in [0.15, 0.2) is 72.9 Å². The zero-order chi connectivity index (χ0) is 23.0. The number of piperidine rings is 1. The molecule has 2 aromatic carbocycles. The van der Waals surface area contributed by atoms with Crippen LogP contribution >= 0.6 is 0 Å². The molecule has 7 heteroatoms. The Morgan fingerprint density at radius 2 is 1.73 bits per heavy atom. The summed E-state index contributed by atoms with van der Waals surface area (Å²) in [6, 6.07) is 20.4. The largest absolute Gasteiger partial charge is 0.494 e. The van der Waals surface area contributed by atoms with E-state index in [0.717, 1.165) is 11.4 Å². The van der Waals surface area contributed by atoms with Gasteiger partial charge in [-0.15, -0.1) is 0 Å². The molecule has 2 amide bonds. The lowest BCUT2D eigenvalue weighted by Crippen LogP contribution is -2.46. The Morgan fingerprint density at radius 1 is 1.00 bits per heavy atom. The lowest BCUT2D eigenvalue weighted by atomic mass is 10.0. The molecule has 0 bridgehead atoms. The first-order chi connectivity index (χ1) is 16.1. The molecule has 0 saturated carbocycles. The number of amides is 2. The first kappa shape index (κ1) is 22.3. The van der Waals surface area contributed by atoms with Crippen molar-refractivity contribution in [2.24, 2.45) is 0 Å². The summed E-state index contributed by atoms with van der Waals surface area (Å²) in [6.45, 7) is 3.71. The van der Waals surface area contributed by atoms with Crippen LogP contribution in [-0.4, -0.2) is 47.4 Å². The van der Waals surface area contributed by atoms with Crippen LogP contribution in [0.5, 0.6) is 5.75 Å². The van der Waals surface area contributed by atoms with E-state index in [9.17, 15) is 9.59 Å². The van der Waals surface area contributed by atoms with Gasteiger partial charge in [0.05, 0.1) is 12.2 Å². The zero-order valence-corrected chi connectivity index (χ0v) is 18.7. The highest BCUT2D eigenvalue weighted by Crippen LogP contribution is 2.23. The number of aromatic nitrogens is 1. The smallest absolute Gasteiger partial charge is 0.257 e. The number of rotatable bonds is 7. The van der Waals surface area contributed by atoms with Crippen molar-refractivity contribution in [3.63, 3.8) is 0 Å². The number of likely N-dealkylation sites (tertiary alicyclic amines) is 1. The van der Waals surface area contributed by atoms with E-state index in [4.69, 9.17) is 4.74 Å². The van der Waals surface area contributed by atoms with Gasteiger partial charge in [0.1, 0.15) is 11.6 Å². The number of nitrogens with zero attached hydrogens (tertiary/aromatic N) is 2. The van der Waals surface area contributed by atoms with Gasteiger partial charge >= 0.3 is 0 Å². The standard InChI is InChI=1S/C26H28N4O3/c1-2-33-22-12-10-20(11-13-22)28-24-23(9-6-16-27-24)26(32)30-17-14-21(15-18-30)29-25(31)19-7-4-3-5-8-19/h3-13,16,21H,2,14-15,17-18H2,1H3,(H,27,28)(H,29,31). The van der Waals surface area contributed by atoms with E-state index >= 15 is 0 Å². The van der Waals surface area contributed by atoms with E-state index in [-0.39, 0.29) is 17.9 Å². The van der Waals surface area contributed by atoms with Crippen molar-refractivity contribution in [1.29, 1.82) is 0 Å². The van der Waals surface area contributed by atoms with Crippen LogP contribution in [0, 0.1) is 0 Å². The average Bonchev–Trinajstić information content (AvgIpc) is 2.86. The normalized spacial score (nSPS) is 13.9. The van der Waals surface area contributed by atoms with Crippen LogP contribution in [0.1, 0.15) is 40.5 Å². The van der Waals surface area contributed by atoms with Gasteiger partial charge in [0, 0.05) is 36.6 Å². The minimum Gasteiger partial charge on any atom is -0.494 e. The van der Waals surface area contributed by atoms with Gasteiger partial charge in [-0.25, -0.2) is 4.98 Å². The monoisotopic (exact) mass is 444 g/mol. The van der Waals surface area contributed by atoms with Gasteiger partial charge in [0.15, 0.2) is 0 Å². The van der Waals surface area contributed by atoms with Crippen LogP contribution in [-0.2, 0) is 0 Å². The molecule has 0 unspecified atom stereocenters. The fourth-order valence-electron chi connectivity index (χ4n) is 3.87. The van der Waals surface area contributed by atoms with Crippen molar-refractivity contribution >= 4 is 23.3 Å². The molecule has 0 spiro atoms. The number of nitrogens with one attached hydrogen (secondary N) is 2. The Labute approximate surface area is 193 Å². The van der Waals surface area contributed by atoms with Gasteiger partial charge in [0.25, 0.3) is 11.8 Å². The molecule has 0 aliphatic carbocycles. The second-order valence-electron chi connectivity index (χ2n) is 7.89. The zero-order valence-electron chi connectivity index (χ0n) is 18.7. The third kappa shape index (κ3) is 5.68. The molecule has 1 fully saturated rings. The molecule has 2 heterocycles. The predicted molar refractivity (Wildman–Crippen MR) is 128 cm³/mol. The van der Waals surface area contributed by atoms with Gasteiger partial charge in [0.2, 0.25) is 0 Å². The quantitative estimate of drug-likeness (QED) is 0.569. The van der Waals surface area contributed by atoms with Crippen LogP contribution in [0.3, 0.4) is 0 Å². The molecular weight excluding hydrogens is 416 g/mol. The number of pyridine rings is 1. The van der Waals surface area contributed by atoms with Gasteiger partial charge < -0.3 is 20.3 Å². The molecule has 7 nitrogen and oxygen atoms in total. The molecule has 1 aliphatic heterocycles. The maximum absolute atomic E-state index is 13.2. The molecule has 2 N–H and O–H groups in total.